The predicted octanol–water partition coefficient (Wildman–Crippen LogP) is 4.13. The summed E-state index contributed by atoms with van der Waals surface area (Å²) >= 11 is 1.16. The van der Waals surface area contributed by atoms with Crippen molar-refractivity contribution in [2.24, 2.45) is 0 Å². The second kappa shape index (κ2) is 4.92. The average Bonchev–Trinajstić information content (AvgIpc) is 3.22. The highest BCUT2D eigenvalue weighted by molar-refractivity contribution is 7.19. The molecule has 23 heavy (non-hydrogen) atoms. The van der Waals surface area contributed by atoms with Gasteiger partial charge in [0.2, 0.25) is 10.8 Å². The zero-order chi connectivity index (χ0) is 16.0. The number of alkyl halides is 3. The van der Waals surface area contributed by atoms with Crippen LogP contribution in [0.2, 0.25) is 0 Å². The molecule has 0 N–H and O–H groups in total. The highest BCUT2D eigenvalue weighted by Crippen LogP contribution is 2.34. The fraction of sp³-hybridized carbons (Fsp3) is 0.0714. The lowest BCUT2D eigenvalue weighted by Crippen LogP contribution is -2.04. The molecule has 0 bridgehead atoms. The first-order valence-corrected chi connectivity index (χ1v) is 7.28. The molecular weight excluding hydrogens is 329 g/mol. The maximum Gasteiger partial charge on any atom is 0.416 e. The Morgan fingerprint density at radius 3 is 2.70 bits per heavy atom. The molecule has 3 aromatic heterocycles. The quantitative estimate of drug-likeness (QED) is 0.552. The second-order valence-corrected chi connectivity index (χ2v) is 5.64. The monoisotopic (exact) mass is 336 g/mol. The molecule has 0 atom stereocenters. The number of hydrogen-bond acceptors (Lipinski definition) is 5. The SMILES string of the molecule is FC(F)(F)c1cccc(-c2nn3c(-c4ccco4)nnc3s2)c1. The third kappa shape index (κ3) is 2.38. The number of nitrogens with zero attached hydrogens (tertiary/aromatic N) is 4. The van der Waals surface area contributed by atoms with Crippen molar-refractivity contribution < 1.29 is 17.6 Å². The van der Waals surface area contributed by atoms with E-state index in [4.69, 9.17) is 4.42 Å². The van der Waals surface area contributed by atoms with Crippen LogP contribution in [0, 0.1) is 0 Å². The molecule has 3 heterocycles. The molecule has 0 unspecified atom stereocenters. The molecule has 0 fully saturated rings. The molecule has 9 heteroatoms. The molecule has 4 aromatic rings. The van der Waals surface area contributed by atoms with Gasteiger partial charge in [-0.25, -0.2) is 0 Å². The number of benzene rings is 1. The van der Waals surface area contributed by atoms with Gasteiger partial charge in [0.25, 0.3) is 0 Å². The van der Waals surface area contributed by atoms with E-state index >= 15 is 0 Å². The van der Waals surface area contributed by atoms with Gasteiger partial charge < -0.3 is 4.42 Å². The number of aromatic nitrogens is 4. The topological polar surface area (TPSA) is 56.2 Å². The van der Waals surface area contributed by atoms with Crippen molar-refractivity contribution in [3.8, 4) is 22.2 Å². The van der Waals surface area contributed by atoms with Gasteiger partial charge in [-0.05, 0) is 24.3 Å². The first-order valence-electron chi connectivity index (χ1n) is 6.46. The molecular formula is C14H7F3N4OS. The van der Waals surface area contributed by atoms with E-state index in [1.807, 2.05) is 0 Å². The lowest BCUT2D eigenvalue weighted by atomic mass is 10.1. The van der Waals surface area contributed by atoms with Gasteiger partial charge in [-0.1, -0.05) is 23.5 Å². The van der Waals surface area contributed by atoms with Crippen molar-refractivity contribution in [2.45, 2.75) is 6.18 Å². The van der Waals surface area contributed by atoms with Gasteiger partial charge in [0.1, 0.15) is 5.01 Å². The van der Waals surface area contributed by atoms with Crippen molar-refractivity contribution in [2.75, 3.05) is 0 Å². The van der Waals surface area contributed by atoms with Crippen LogP contribution in [0.3, 0.4) is 0 Å². The fourth-order valence-corrected chi connectivity index (χ4v) is 2.96. The maximum atomic E-state index is 12.8. The van der Waals surface area contributed by atoms with E-state index in [0.29, 0.717) is 27.1 Å². The summed E-state index contributed by atoms with van der Waals surface area (Å²) in [6.45, 7) is 0. The van der Waals surface area contributed by atoms with Crippen molar-refractivity contribution in [1.29, 1.82) is 0 Å². The van der Waals surface area contributed by atoms with E-state index in [9.17, 15) is 13.2 Å². The van der Waals surface area contributed by atoms with Gasteiger partial charge in [-0.15, -0.1) is 10.2 Å². The molecule has 5 nitrogen and oxygen atoms in total. The summed E-state index contributed by atoms with van der Waals surface area (Å²) in [7, 11) is 0. The molecule has 0 spiro atoms. The van der Waals surface area contributed by atoms with E-state index in [1.165, 1.54) is 16.8 Å². The van der Waals surface area contributed by atoms with Gasteiger partial charge in [-0.2, -0.15) is 22.8 Å². The summed E-state index contributed by atoms with van der Waals surface area (Å²) in [5, 5.41) is 12.7. The maximum absolute atomic E-state index is 12.8. The molecule has 116 valence electrons. The Morgan fingerprint density at radius 2 is 1.96 bits per heavy atom. The summed E-state index contributed by atoms with van der Waals surface area (Å²) in [6.07, 6.45) is -2.90. The molecule has 1 aromatic carbocycles. The highest BCUT2D eigenvalue weighted by atomic mass is 32.1. The molecule has 0 aliphatic heterocycles. The van der Waals surface area contributed by atoms with Gasteiger partial charge in [-0.3, -0.25) is 0 Å². The lowest BCUT2D eigenvalue weighted by molar-refractivity contribution is -0.137. The molecule has 4 rings (SSSR count). The van der Waals surface area contributed by atoms with Gasteiger partial charge in [0.15, 0.2) is 5.76 Å². The summed E-state index contributed by atoms with van der Waals surface area (Å²) in [4.78, 5) is 0.476. The Labute approximate surface area is 131 Å². The molecule has 0 amide bonds. The Balaban J connectivity index is 1.82. The summed E-state index contributed by atoms with van der Waals surface area (Å²) in [5.41, 5.74) is -0.340. The van der Waals surface area contributed by atoms with E-state index in [-0.39, 0.29) is 0 Å². The van der Waals surface area contributed by atoms with Crippen molar-refractivity contribution in [3.63, 3.8) is 0 Å². The van der Waals surface area contributed by atoms with E-state index in [1.54, 1.807) is 18.2 Å². The number of furan rings is 1. The van der Waals surface area contributed by atoms with Gasteiger partial charge >= 0.3 is 6.18 Å². The summed E-state index contributed by atoms with van der Waals surface area (Å²) < 4.78 is 45.2. The summed E-state index contributed by atoms with van der Waals surface area (Å²) in [5.74, 6) is 0.887. The number of halogens is 3. The van der Waals surface area contributed by atoms with Gasteiger partial charge in [0, 0.05) is 5.56 Å². The lowest BCUT2D eigenvalue weighted by Gasteiger charge is -2.06. The standard InChI is InChI=1S/C14H7F3N4OS/c15-14(16,17)9-4-1-3-8(7-9)12-20-21-11(10-5-2-6-22-10)18-19-13(21)23-12/h1-7H. The second-order valence-electron chi connectivity index (χ2n) is 4.68. The Bertz CT molecular complexity index is 972. The third-order valence-corrected chi connectivity index (χ3v) is 4.12. The average molecular weight is 336 g/mol. The smallest absolute Gasteiger partial charge is 0.416 e. The highest BCUT2D eigenvalue weighted by Gasteiger charge is 2.30. The van der Waals surface area contributed by atoms with Crippen LogP contribution in [-0.4, -0.2) is 19.8 Å². The van der Waals surface area contributed by atoms with E-state index < -0.39 is 11.7 Å². The van der Waals surface area contributed by atoms with Crippen LogP contribution in [0.25, 0.3) is 27.1 Å². The van der Waals surface area contributed by atoms with Crippen LogP contribution in [0.4, 0.5) is 13.2 Å². The predicted molar refractivity (Wildman–Crippen MR) is 76.8 cm³/mol. The first-order chi connectivity index (χ1) is 11.0. The Hall–Kier alpha value is -2.68. The minimum absolute atomic E-state index is 0.376. The number of hydrogen-bond donors (Lipinski definition) is 0. The van der Waals surface area contributed by atoms with Crippen molar-refractivity contribution in [1.82, 2.24) is 19.8 Å². The number of rotatable bonds is 2. The minimum Gasteiger partial charge on any atom is -0.461 e. The third-order valence-electron chi connectivity index (χ3n) is 3.17. The molecule has 0 aliphatic rings. The van der Waals surface area contributed by atoms with Crippen molar-refractivity contribution in [3.05, 3.63) is 48.2 Å². The van der Waals surface area contributed by atoms with Crippen LogP contribution in [0.5, 0.6) is 0 Å². The number of fused-ring (bicyclic) bond motifs is 1. The zero-order valence-electron chi connectivity index (χ0n) is 11.3. The van der Waals surface area contributed by atoms with Crippen molar-refractivity contribution >= 4 is 16.3 Å². The van der Waals surface area contributed by atoms with E-state index in [2.05, 4.69) is 15.3 Å². The minimum atomic E-state index is -4.39. The Kier molecular flexibility index (Phi) is 2.98. The van der Waals surface area contributed by atoms with E-state index in [0.717, 1.165) is 23.5 Å². The van der Waals surface area contributed by atoms with Crippen LogP contribution >= 0.6 is 11.3 Å². The molecule has 0 saturated heterocycles. The van der Waals surface area contributed by atoms with Crippen LogP contribution < -0.4 is 0 Å². The molecule has 0 saturated carbocycles. The molecule has 0 aliphatic carbocycles. The van der Waals surface area contributed by atoms with Crippen LogP contribution in [0.1, 0.15) is 5.56 Å². The van der Waals surface area contributed by atoms with Crippen LogP contribution in [-0.2, 0) is 6.18 Å². The zero-order valence-corrected chi connectivity index (χ0v) is 12.1. The fourth-order valence-electron chi connectivity index (χ4n) is 2.12. The van der Waals surface area contributed by atoms with Gasteiger partial charge in [0.05, 0.1) is 11.8 Å². The summed E-state index contributed by atoms with van der Waals surface area (Å²) in [6, 6.07) is 8.44. The largest absolute Gasteiger partial charge is 0.461 e. The van der Waals surface area contributed by atoms with Crippen LogP contribution in [0.15, 0.2) is 47.1 Å². The molecule has 0 radical (unpaired) electrons. The first kappa shape index (κ1) is 13.9. The normalized spacial score (nSPS) is 12.1. The Morgan fingerprint density at radius 1 is 1.09 bits per heavy atom.